The largest absolute Gasteiger partial charge is 0.396 e. The summed E-state index contributed by atoms with van der Waals surface area (Å²) in [5.41, 5.74) is 0. The smallest absolute Gasteiger partial charge is 0.0433 e. The zero-order valence-corrected chi connectivity index (χ0v) is 10.0. The molecule has 1 saturated heterocycles. The van der Waals surface area contributed by atoms with Crippen molar-refractivity contribution in [3.8, 4) is 0 Å². The molecule has 0 aromatic carbocycles. The summed E-state index contributed by atoms with van der Waals surface area (Å²) < 4.78 is 0. The highest BCUT2D eigenvalue weighted by Crippen LogP contribution is 2.11. The van der Waals surface area contributed by atoms with E-state index >= 15 is 0 Å². The molecule has 0 aliphatic carbocycles. The van der Waals surface area contributed by atoms with Crippen molar-refractivity contribution >= 4 is 0 Å². The van der Waals surface area contributed by atoms with E-state index in [4.69, 9.17) is 5.11 Å². The van der Waals surface area contributed by atoms with Gasteiger partial charge in [-0.05, 0) is 25.3 Å². The Bertz CT molecular complexity index is 147. The molecule has 2 N–H and O–H groups in total. The van der Waals surface area contributed by atoms with Crippen molar-refractivity contribution in [2.24, 2.45) is 5.92 Å². The Balaban J connectivity index is 1.91. The van der Waals surface area contributed by atoms with Gasteiger partial charge in [0.25, 0.3) is 0 Å². The number of aliphatic hydroxyl groups is 1. The van der Waals surface area contributed by atoms with E-state index in [0.29, 0.717) is 12.5 Å². The minimum Gasteiger partial charge on any atom is -0.396 e. The van der Waals surface area contributed by atoms with E-state index in [9.17, 15) is 0 Å². The molecule has 0 saturated carbocycles. The predicted molar refractivity (Wildman–Crippen MR) is 64.0 cm³/mol. The average Bonchev–Trinajstić information content (AvgIpc) is 2.26. The van der Waals surface area contributed by atoms with E-state index in [-0.39, 0.29) is 0 Å². The number of aliphatic hydroxyl groups excluding tert-OH is 1. The first-order chi connectivity index (χ1) is 7.33. The van der Waals surface area contributed by atoms with Gasteiger partial charge in [0.05, 0.1) is 0 Å². The van der Waals surface area contributed by atoms with Gasteiger partial charge in [-0.2, -0.15) is 0 Å². The number of rotatable bonds is 7. The molecule has 3 nitrogen and oxygen atoms in total. The van der Waals surface area contributed by atoms with E-state index in [0.717, 1.165) is 19.5 Å². The number of unbranched alkanes of at least 4 members (excludes halogenated alkanes) is 1. The van der Waals surface area contributed by atoms with Crippen LogP contribution in [0.2, 0.25) is 0 Å². The molecular weight excluding hydrogens is 188 g/mol. The summed E-state index contributed by atoms with van der Waals surface area (Å²) in [6, 6.07) is 0. The van der Waals surface area contributed by atoms with E-state index in [1.807, 2.05) is 0 Å². The third-order valence-electron chi connectivity index (χ3n) is 3.25. The molecule has 0 amide bonds. The molecule has 3 heteroatoms. The monoisotopic (exact) mass is 214 g/mol. The van der Waals surface area contributed by atoms with E-state index in [2.05, 4.69) is 17.1 Å². The lowest BCUT2D eigenvalue weighted by Crippen LogP contribution is -2.43. The maximum atomic E-state index is 8.78. The lowest BCUT2D eigenvalue weighted by Gasteiger charge is -2.27. The van der Waals surface area contributed by atoms with Crippen molar-refractivity contribution in [1.82, 2.24) is 10.2 Å². The second-order valence-corrected chi connectivity index (χ2v) is 4.70. The van der Waals surface area contributed by atoms with Crippen LogP contribution >= 0.6 is 0 Å². The zero-order chi connectivity index (χ0) is 10.9. The van der Waals surface area contributed by atoms with Crippen molar-refractivity contribution in [3.05, 3.63) is 0 Å². The molecule has 1 heterocycles. The van der Waals surface area contributed by atoms with Crippen LogP contribution < -0.4 is 5.32 Å². The number of nitrogens with zero attached hydrogens (tertiary/aromatic N) is 1. The normalized spacial score (nSPS) is 20.4. The highest BCUT2D eigenvalue weighted by atomic mass is 16.3. The van der Waals surface area contributed by atoms with Crippen LogP contribution in [0.3, 0.4) is 0 Å². The van der Waals surface area contributed by atoms with Gasteiger partial charge in [-0.3, -0.25) is 0 Å². The van der Waals surface area contributed by atoms with Crippen LogP contribution in [0.4, 0.5) is 0 Å². The van der Waals surface area contributed by atoms with Crippen LogP contribution in [-0.2, 0) is 0 Å². The maximum Gasteiger partial charge on any atom is 0.0433 e. The standard InChI is InChI=1S/C12H26N2O/c1-12(5-11-15)4-2-3-8-14-9-6-13-7-10-14/h12-13,15H,2-11H2,1H3. The van der Waals surface area contributed by atoms with Gasteiger partial charge in [-0.15, -0.1) is 0 Å². The van der Waals surface area contributed by atoms with E-state index in [1.54, 1.807) is 0 Å². The van der Waals surface area contributed by atoms with Crippen LogP contribution in [0.5, 0.6) is 0 Å². The molecule has 0 radical (unpaired) electrons. The summed E-state index contributed by atoms with van der Waals surface area (Å²) in [5, 5.41) is 12.2. The third-order valence-corrected chi connectivity index (χ3v) is 3.25. The van der Waals surface area contributed by atoms with Gasteiger partial charge in [0.15, 0.2) is 0 Å². The molecular formula is C12H26N2O. The van der Waals surface area contributed by atoms with Crippen molar-refractivity contribution in [1.29, 1.82) is 0 Å². The molecule has 1 rings (SSSR count). The number of hydrogen-bond donors (Lipinski definition) is 2. The fourth-order valence-corrected chi connectivity index (χ4v) is 2.13. The lowest BCUT2D eigenvalue weighted by atomic mass is 10.0. The first kappa shape index (κ1) is 12.9. The fourth-order valence-electron chi connectivity index (χ4n) is 2.13. The van der Waals surface area contributed by atoms with Gasteiger partial charge in [-0.25, -0.2) is 0 Å². The Kier molecular flexibility index (Phi) is 6.98. The van der Waals surface area contributed by atoms with Crippen molar-refractivity contribution in [2.75, 3.05) is 39.3 Å². The molecule has 90 valence electrons. The summed E-state index contributed by atoms with van der Waals surface area (Å²) >= 11 is 0. The summed E-state index contributed by atoms with van der Waals surface area (Å²) in [4.78, 5) is 2.55. The second-order valence-electron chi connectivity index (χ2n) is 4.70. The number of nitrogens with one attached hydrogen (secondary N) is 1. The first-order valence-electron chi connectivity index (χ1n) is 6.37. The predicted octanol–water partition coefficient (Wildman–Crippen LogP) is 1.08. The summed E-state index contributed by atoms with van der Waals surface area (Å²) in [7, 11) is 0. The second kappa shape index (κ2) is 8.08. The topological polar surface area (TPSA) is 35.5 Å². The summed E-state index contributed by atoms with van der Waals surface area (Å²) in [5.74, 6) is 0.693. The fraction of sp³-hybridized carbons (Fsp3) is 1.00. The molecule has 1 fully saturated rings. The molecule has 1 unspecified atom stereocenters. The van der Waals surface area contributed by atoms with Gasteiger partial charge in [0, 0.05) is 32.8 Å². The van der Waals surface area contributed by atoms with Crippen LogP contribution in [0.15, 0.2) is 0 Å². The van der Waals surface area contributed by atoms with Gasteiger partial charge < -0.3 is 15.3 Å². The minimum atomic E-state index is 0.346. The Morgan fingerprint density at radius 2 is 1.93 bits per heavy atom. The molecule has 1 aliphatic heterocycles. The van der Waals surface area contributed by atoms with Crippen LogP contribution in [0.1, 0.15) is 32.6 Å². The molecule has 0 bridgehead atoms. The molecule has 1 atom stereocenters. The Morgan fingerprint density at radius 3 is 2.60 bits per heavy atom. The summed E-state index contributed by atoms with van der Waals surface area (Å²) in [6.07, 6.45) is 4.86. The molecule has 15 heavy (non-hydrogen) atoms. The summed E-state index contributed by atoms with van der Waals surface area (Å²) in [6.45, 7) is 8.58. The van der Waals surface area contributed by atoms with Gasteiger partial charge in [-0.1, -0.05) is 19.8 Å². The van der Waals surface area contributed by atoms with Crippen LogP contribution in [0, 0.1) is 5.92 Å². The third kappa shape index (κ3) is 6.13. The molecule has 0 spiro atoms. The van der Waals surface area contributed by atoms with Crippen LogP contribution in [-0.4, -0.2) is 49.3 Å². The average molecular weight is 214 g/mol. The Labute approximate surface area is 93.9 Å². The van der Waals surface area contributed by atoms with Crippen molar-refractivity contribution in [2.45, 2.75) is 32.6 Å². The van der Waals surface area contributed by atoms with Gasteiger partial charge in [0.2, 0.25) is 0 Å². The van der Waals surface area contributed by atoms with Crippen molar-refractivity contribution < 1.29 is 5.11 Å². The zero-order valence-electron chi connectivity index (χ0n) is 10.0. The van der Waals surface area contributed by atoms with Crippen LogP contribution in [0.25, 0.3) is 0 Å². The first-order valence-corrected chi connectivity index (χ1v) is 6.37. The molecule has 0 aromatic heterocycles. The Hall–Kier alpha value is -0.120. The number of piperazine rings is 1. The molecule has 1 aliphatic rings. The minimum absolute atomic E-state index is 0.346. The SMILES string of the molecule is CC(CCO)CCCCN1CCNCC1. The maximum absolute atomic E-state index is 8.78. The van der Waals surface area contributed by atoms with Crippen molar-refractivity contribution in [3.63, 3.8) is 0 Å². The number of hydrogen-bond acceptors (Lipinski definition) is 3. The Morgan fingerprint density at radius 1 is 1.20 bits per heavy atom. The van der Waals surface area contributed by atoms with Gasteiger partial charge >= 0.3 is 0 Å². The highest BCUT2D eigenvalue weighted by molar-refractivity contribution is 4.67. The van der Waals surface area contributed by atoms with E-state index < -0.39 is 0 Å². The highest BCUT2D eigenvalue weighted by Gasteiger charge is 2.08. The van der Waals surface area contributed by atoms with E-state index in [1.165, 1.54) is 38.9 Å². The van der Waals surface area contributed by atoms with Gasteiger partial charge in [0.1, 0.15) is 0 Å². The molecule has 0 aromatic rings. The quantitative estimate of drug-likeness (QED) is 0.623. The lowest BCUT2D eigenvalue weighted by molar-refractivity contribution is 0.229.